The molecule has 0 aromatic heterocycles. The molecule has 1 aromatic carbocycles. The molecule has 25 heavy (non-hydrogen) atoms. The first kappa shape index (κ1) is 21.5. The summed E-state index contributed by atoms with van der Waals surface area (Å²) < 4.78 is 0.581. The van der Waals surface area contributed by atoms with Crippen molar-refractivity contribution in [2.75, 3.05) is 19.0 Å². The van der Waals surface area contributed by atoms with Crippen LogP contribution in [0.25, 0.3) is 5.76 Å². The van der Waals surface area contributed by atoms with Gasteiger partial charge < -0.3 is 15.1 Å². The molecule has 1 unspecified atom stereocenters. The fraction of sp³-hybridized carbons (Fsp3) is 0.474. The van der Waals surface area contributed by atoms with Crippen LogP contribution in [0.3, 0.4) is 0 Å². The van der Waals surface area contributed by atoms with Crippen LogP contribution in [0.2, 0.25) is 0 Å². The van der Waals surface area contributed by atoms with Gasteiger partial charge in [0.25, 0.3) is 0 Å². The second-order valence-electron chi connectivity index (χ2n) is 6.21. The van der Waals surface area contributed by atoms with E-state index in [9.17, 15) is 19.8 Å². The van der Waals surface area contributed by atoms with Crippen molar-refractivity contribution in [2.24, 2.45) is 5.92 Å². The summed E-state index contributed by atoms with van der Waals surface area (Å²) in [5.74, 6) is -1.72. The lowest BCUT2D eigenvalue weighted by Gasteiger charge is -2.22. The Morgan fingerprint density at radius 2 is 1.84 bits per heavy atom. The van der Waals surface area contributed by atoms with E-state index in [-0.39, 0.29) is 34.8 Å². The van der Waals surface area contributed by atoms with Gasteiger partial charge >= 0.3 is 0 Å². The van der Waals surface area contributed by atoms with Gasteiger partial charge in [-0.25, -0.2) is 0 Å². The highest BCUT2D eigenvalue weighted by Gasteiger charge is 2.27. The zero-order valence-corrected chi connectivity index (χ0v) is 17.8. The highest BCUT2D eigenvalue weighted by Crippen LogP contribution is 2.39. The number of rotatable bonds is 7. The first-order chi connectivity index (χ1) is 11.6. The number of aromatic hydroxyl groups is 1. The first-order valence-corrected chi connectivity index (χ1v) is 9.34. The van der Waals surface area contributed by atoms with E-state index in [1.165, 1.54) is 6.92 Å². The molecule has 0 spiro atoms. The van der Waals surface area contributed by atoms with Crippen molar-refractivity contribution in [2.45, 2.75) is 40.5 Å². The van der Waals surface area contributed by atoms with E-state index in [0.717, 1.165) is 11.3 Å². The van der Waals surface area contributed by atoms with E-state index in [1.807, 2.05) is 54.6 Å². The molecular formula is C19H26INO4. The van der Waals surface area contributed by atoms with Gasteiger partial charge in [-0.2, -0.15) is 0 Å². The lowest BCUT2D eigenvalue weighted by atomic mass is 9.91. The summed E-state index contributed by atoms with van der Waals surface area (Å²) in [6.45, 7) is 6.66. The summed E-state index contributed by atoms with van der Waals surface area (Å²) in [5.41, 5.74) is 1.97. The van der Waals surface area contributed by atoms with Crippen LogP contribution >= 0.6 is 22.6 Å². The molecule has 2 N–H and O–H groups in total. The fourth-order valence-electron chi connectivity index (χ4n) is 2.76. The summed E-state index contributed by atoms with van der Waals surface area (Å²) >= 11 is 2.00. The van der Waals surface area contributed by atoms with Gasteiger partial charge in [-0.3, -0.25) is 9.59 Å². The zero-order chi connectivity index (χ0) is 19.5. The molecule has 6 heteroatoms. The summed E-state index contributed by atoms with van der Waals surface area (Å²) in [5, 5.41) is 21.3. The van der Waals surface area contributed by atoms with Gasteiger partial charge in [0, 0.05) is 31.8 Å². The van der Waals surface area contributed by atoms with E-state index >= 15 is 0 Å². The Labute approximate surface area is 162 Å². The lowest BCUT2D eigenvalue weighted by Crippen LogP contribution is -2.22. The van der Waals surface area contributed by atoms with Crippen LogP contribution in [0.1, 0.15) is 45.2 Å². The first-order valence-electron chi connectivity index (χ1n) is 8.27. The smallest absolute Gasteiger partial charge is 0.172 e. The van der Waals surface area contributed by atoms with Crippen molar-refractivity contribution in [3.8, 4) is 5.75 Å². The molecule has 0 fully saturated rings. The molecule has 0 aliphatic heterocycles. The van der Waals surface area contributed by atoms with Gasteiger partial charge in [0.1, 0.15) is 17.3 Å². The van der Waals surface area contributed by atoms with Crippen LogP contribution in [-0.4, -0.2) is 35.9 Å². The predicted octanol–water partition coefficient (Wildman–Crippen LogP) is 4.10. The molecule has 0 radical (unpaired) electrons. The summed E-state index contributed by atoms with van der Waals surface area (Å²) in [4.78, 5) is 26.3. The Kier molecular flexibility index (Phi) is 7.46. The molecule has 0 bridgehead atoms. The molecule has 1 atom stereocenters. The van der Waals surface area contributed by atoms with Gasteiger partial charge in [0.15, 0.2) is 5.78 Å². The molecule has 0 saturated heterocycles. The average Bonchev–Trinajstić information content (AvgIpc) is 2.59. The molecular weight excluding hydrogens is 433 g/mol. The van der Waals surface area contributed by atoms with Crippen molar-refractivity contribution in [3.63, 3.8) is 0 Å². The van der Waals surface area contributed by atoms with Crippen LogP contribution in [0, 0.1) is 9.49 Å². The quantitative estimate of drug-likeness (QED) is 0.278. The Morgan fingerprint density at radius 1 is 1.28 bits per heavy atom. The van der Waals surface area contributed by atoms with Crippen LogP contribution in [0.5, 0.6) is 5.75 Å². The number of allylic oxidation sites excluding steroid dienone is 1. The third-order valence-electron chi connectivity index (χ3n) is 4.36. The third-order valence-corrected chi connectivity index (χ3v) is 5.18. The number of anilines is 1. The molecule has 0 saturated carbocycles. The van der Waals surface area contributed by atoms with Crippen molar-refractivity contribution < 1.29 is 19.8 Å². The number of hydrogen-bond donors (Lipinski definition) is 2. The number of aliphatic hydroxyl groups is 1. The maximum Gasteiger partial charge on any atom is 0.172 e. The number of Topliss-reactive ketones (excluding diaryl/α,β-unsaturated/α-hetero) is 2. The van der Waals surface area contributed by atoms with Crippen molar-refractivity contribution in [1.29, 1.82) is 0 Å². The van der Waals surface area contributed by atoms with E-state index in [4.69, 9.17) is 0 Å². The number of phenolic OH excluding ortho intramolecular Hbond substituents is 1. The van der Waals surface area contributed by atoms with Gasteiger partial charge in [0.05, 0.1) is 15.1 Å². The molecule has 0 amide bonds. The van der Waals surface area contributed by atoms with Gasteiger partial charge in [-0.05, 0) is 54.5 Å². The minimum Gasteiger partial charge on any atom is -0.507 e. The number of halogens is 1. The number of carbonyl (C=O) groups is 2. The normalized spacial score (nSPS) is 13.2. The van der Waals surface area contributed by atoms with Crippen LogP contribution < -0.4 is 4.90 Å². The standard InChI is InChI=1S/C19H26INO4/c1-7-12-14(21(5)6)9-13(20)19(25)16(12)18(24)11(4)17(23)10(3)15(22)8-2/h9-10,24-25H,7-8H2,1-6H3. The second kappa shape index (κ2) is 8.69. The van der Waals surface area contributed by atoms with Crippen molar-refractivity contribution >= 4 is 45.6 Å². The SMILES string of the molecule is CCC(=O)C(C)C(=O)C(C)=C(O)c1c(O)c(I)cc(N(C)C)c1CC. The maximum atomic E-state index is 12.5. The molecule has 138 valence electrons. The van der Waals surface area contributed by atoms with Crippen LogP contribution in [0.15, 0.2) is 11.6 Å². The minimum atomic E-state index is -0.810. The zero-order valence-electron chi connectivity index (χ0n) is 15.6. The van der Waals surface area contributed by atoms with E-state index in [0.29, 0.717) is 9.99 Å². The van der Waals surface area contributed by atoms with E-state index in [1.54, 1.807) is 13.8 Å². The maximum absolute atomic E-state index is 12.5. The Balaban J connectivity index is 3.63. The Bertz CT molecular complexity index is 723. The van der Waals surface area contributed by atoms with E-state index in [2.05, 4.69) is 0 Å². The lowest BCUT2D eigenvalue weighted by molar-refractivity contribution is -0.129. The number of benzene rings is 1. The summed E-state index contributed by atoms with van der Waals surface area (Å²) in [6.07, 6.45) is 0.836. The minimum absolute atomic E-state index is 0.0535. The van der Waals surface area contributed by atoms with Crippen LogP contribution in [0.4, 0.5) is 5.69 Å². The average molecular weight is 459 g/mol. The number of phenols is 1. The van der Waals surface area contributed by atoms with Crippen molar-refractivity contribution in [3.05, 3.63) is 26.3 Å². The molecule has 0 aliphatic rings. The second-order valence-corrected chi connectivity index (χ2v) is 7.37. The summed E-state index contributed by atoms with van der Waals surface area (Å²) in [6, 6.07) is 1.84. The monoisotopic (exact) mass is 459 g/mol. The highest BCUT2D eigenvalue weighted by molar-refractivity contribution is 14.1. The highest BCUT2D eigenvalue weighted by atomic mass is 127. The Morgan fingerprint density at radius 3 is 2.28 bits per heavy atom. The molecule has 1 aromatic rings. The largest absolute Gasteiger partial charge is 0.507 e. The molecule has 5 nitrogen and oxygen atoms in total. The molecule has 0 aliphatic carbocycles. The number of ketones is 2. The number of hydrogen-bond acceptors (Lipinski definition) is 5. The predicted molar refractivity (Wildman–Crippen MR) is 109 cm³/mol. The fourth-order valence-corrected chi connectivity index (χ4v) is 3.32. The van der Waals surface area contributed by atoms with Gasteiger partial charge in [-0.1, -0.05) is 13.8 Å². The number of aliphatic hydroxyl groups excluding tert-OH is 1. The Hall–Kier alpha value is -1.57. The number of carbonyl (C=O) groups excluding carboxylic acids is 2. The molecule has 0 heterocycles. The van der Waals surface area contributed by atoms with Crippen LogP contribution in [-0.2, 0) is 16.0 Å². The van der Waals surface area contributed by atoms with Gasteiger partial charge in [0.2, 0.25) is 0 Å². The molecule has 1 rings (SSSR count). The van der Waals surface area contributed by atoms with Gasteiger partial charge in [-0.15, -0.1) is 0 Å². The summed E-state index contributed by atoms with van der Waals surface area (Å²) in [7, 11) is 3.76. The van der Waals surface area contributed by atoms with Crippen molar-refractivity contribution in [1.82, 2.24) is 0 Å². The van der Waals surface area contributed by atoms with E-state index < -0.39 is 11.7 Å². The third kappa shape index (κ3) is 4.34. The number of nitrogens with zero attached hydrogens (tertiary/aromatic N) is 1. The topological polar surface area (TPSA) is 77.8 Å².